The molecule has 20 heavy (non-hydrogen) atoms. The van der Waals surface area contributed by atoms with E-state index in [0.29, 0.717) is 18.2 Å². The van der Waals surface area contributed by atoms with Gasteiger partial charge in [-0.25, -0.2) is 4.79 Å². The molecule has 0 saturated heterocycles. The highest BCUT2D eigenvalue weighted by Gasteiger charge is 2.25. The summed E-state index contributed by atoms with van der Waals surface area (Å²) in [7, 11) is 1.38. The normalized spacial score (nSPS) is 15.2. The van der Waals surface area contributed by atoms with Gasteiger partial charge in [0.15, 0.2) is 0 Å². The van der Waals surface area contributed by atoms with Crippen LogP contribution in [0.5, 0.6) is 0 Å². The number of carbonyl (C=O) groups is 1. The van der Waals surface area contributed by atoms with E-state index in [4.69, 9.17) is 4.74 Å². The molecular formula is C15H20BrNO3. The quantitative estimate of drug-likeness (QED) is 0.808. The first-order valence-electron chi connectivity index (χ1n) is 6.87. The van der Waals surface area contributed by atoms with Crippen LogP contribution in [0.2, 0.25) is 0 Å². The molecule has 1 N–H and O–H groups in total. The predicted molar refractivity (Wildman–Crippen MR) is 80.6 cm³/mol. The number of carbonyl (C=O) groups excluding carboxylic acids is 1. The maximum atomic E-state index is 11.5. The fourth-order valence-corrected chi connectivity index (χ4v) is 2.91. The number of hydrogen-bond donors (Lipinski definition) is 1. The molecule has 0 spiro atoms. The Morgan fingerprint density at radius 1 is 1.50 bits per heavy atom. The summed E-state index contributed by atoms with van der Waals surface area (Å²) >= 11 is 3.52. The first-order chi connectivity index (χ1) is 9.65. The van der Waals surface area contributed by atoms with Crippen molar-refractivity contribution in [1.82, 2.24) is 4.90 Å². The highest BCUT2D eigenvalue weighted by atomic mass is 79.9. The van der Waals surface area contributed by atoms with E-state index in [0.717, 1.165) is 16.6 Å². The van der Waals surface area contributed by atoms with E-state index in [1.54, 1.807) is 12.1 Å². The minimum Gasteiger partial charge on any atom is -0.465 e. The molecule has 110 valence electrons. The molecule has 1 aromatic rings. The van der Waals surface area contributed by atoms with Crippen molar-refractivity contribution >= 4 is 21.9 Å². The van der Waals surface area contributed by atoms with Gasteiger partial charge in [0.2, 0.25) is 0 Å². The molecule has 0 amide bonds. The molecule has 0 radical (unpaired) electrons. The Balaban J connectivity index is 2.09. The Morgan fingerprint density at radius 2 is 2.25 bits per heavy atom. The third kappa shape index (κ3) is 3.59. The summed E-state index contributed by atoms with van der Waals surface area (Å²) in [5, 5.41) is 9.19. The largest absolute Gasteiger partial charge is 0.465 e. The van der Waals surface area contributed by atoms with Crippen LogP contribution >= 0.6 is 15.9 Å². The van der Waals surface area contributed by atoms with Crippen LogP contribution in [0.1, 0.15) is 35.2 Å². The number of rotatable bonds is 6. The first kappa shape index (κ1) is 15.5. The molecule has 1 aromatic carbocycles. The lowest BCUT2D eigenvalue weighted by atomic mass is 9.91. The lowest BCUT2D eigenvalue weighted by molar-refractivity contribution is 0.0600. The third-order valence-corrected chi connectivity index (χ3v) is 4.56. The number of hydrogen-bond acceptors (Lipinski definition) is 4. The Bertz CT molecular complexity index is 474. The van der Waals surface area contributed by atoms with E-state index in [1.807, 2.05) is 6.07 Å². The average molecular weight is 342 g/mol. The minimum atomic E-state index is -0.330. The Kier molecular flexibility index (Phi) is 5.57. The highest BCUT2D eigenvalue weighted by Crippen LogP contribution is 2.28. The van der Waals surface area contributed by atoms with Crippen LogP contribution in [-0.2, 0) is 11.3 Å². The van der Waals surface area contributed by atoms with E-state index in [1.165, 1.54) is 26.4 Å². The van der Waals surface area contributed by atoms with Crippen molar-refractivity contribution in [2.45, 2.75) is 31.8 Å². The number of nitrogens with zero attached hydrogens (tertiary/aromatic N) is 1. The summed E-state index contributed by atoms with van der Waals surface area (Å²) in [6, 6.07) is 6.09. The van der Waals surface area contributed by atoms with Gasteiger partial charge in [-0.3, -0.25) is 4.90 Å². The molecule has 1 aliphatic carbocycles. The number of ether oxygens (including phenoxy) is 1. The second kappa shape index (κ2) is 7.20. The van der Waals surface area contributed by atoms with Crippen LogP contribution in [0, 0.1) is 0 Å². The summed E-state index contributed by atoms with van der Waals surface area (Å²) in [5.41, 5.74) is 1.67. The SMILES string of the molecule is COC(=O)c1ccc(CN(CCO)C2CCC2)c(Br)c1. The smallest absolute Gasteiger partial charge is 0.337 e. The zero-order chi connectivity index (χ0) is 14.5. The van der Waals surface area contributed by atoms with E-state index in [9.17, 15) is 9.90 Å². The van der Waals surface area contributed by atoms with Gasteiger partial charge in [0, 0.05) is 23.6 Å². The van der Waals surface area contributed by atoms with Crippen LogP contribution in [-0.4, -0.2) is 42.3 Å². The van der Waals surface area contributed by atoms with Crippen molar-refractivity contribution in [3.05, 3.63) is 33.8 Å². The van der Waals surface area contributed by atoms with Gasteiger partial charge in [0.1, 0.15) is 0 Å². The maximum Gasteiger partial charge on any atom is 0.337 e. The summed E-state index contributed by atoms with van der Waals surface area (Å²) in [4.78, 5) is 13.8. The van der Waals surface area contributed by atoms with Crippen LogP contribution in [0.3, 0.4) is 0 Å². The molecule has 1 aliphatic rings. The molecule has 1 saturated carbocycles. The van der Waals surface area contributed by atoms with Crippen molar-refractivity contribution in [1.29, 1.82) is 0 Å². The number of halogens is 1. The number of methoxy groups -OCH3 is 1. The first-order valence-corrected chi connectivity index (χ1v) is 7.66. The van der Waals surface area contributed by atoms with Crippen LogP contribution < -0.4 is 0 Å². The Hall–Kier alpha value is -0.910. The zero-order valence-electron chi connectivity index (χ0n) is 11.6. The average Bonchev–Trinajstić information content (AvgIpc) is 2.38. The van der Waals surface area contributed by atoms with E-state index in [2.05, 4.69) is 20.8 Å². The molecule has 2 rings (SSSR count). The standard InChI is InChI=1S/C15H20BrNO3/c1-20-15(19)11-5-6-12(14(16)9-11)10-17(7-8-18)13-3-2-4-13/h5-6,9,13,18H,2-4,7-8,10H2,1H3. The lowest BCUT2D eigenvalue weighted by Crippen LogP contribution is -2.41. The molecule has 1 fully saturated rings. The second-order valence-electron chi connectivity index (χ2n) is 5.08. The third-order valence-electron chi connectivity index (χ3n) is 3.83. The van der Waals surface area contributed by atoms with Crippen LogP contribution in [0.25, 0.3) is 0 Å². The molecule has 0 aliphatic heterocycles. The topological polar surface area (TPSA) is 49.8 Å². The van der Waals surface area contributed by atoms with Gasteiger partial charge in [0.05, 0.1) is 19.3 Å². The minimum absolute atomic E-state index is 0.175. The molecule has 0 unspecified atom stereocenters. The van der Waals surface area contributed by atoms with Gasteiger partial charge in [-0.05, 0) is 30.5 Å². The van der Waals surface area contributed by atoms with Crippen molar-refractivity contribution < 1.29 is 14.6 Å². The summed E-state index contributed by atoms with van der Waals surface area (Å²) < 4.78 is 5.62. The van der Waals surface area contributed by atoms with Crippen LogP contribution in [0.4, 0.5) is 0 Å². The predicted octanol–water partition coefficient (Wildman–Crippen LogP) is 2.58. The van der Waals surface area contributed by atoms with Crippen LogP contribution in [0.15, 0.2) is 22.7 Å². The Morgan fingerprint density at radius 3 is 2.75 bits per heavy atom. The van der Waals surface area contributed by atoms with Crippen molar-refractivity contribution in [3.8, 4) is 0 Å². The van der Waals surface area contributed by atoms with Crippen molar-refractivity contribution in [2.24, 2.45) is 0 Å². The van der Waals surface area contributed by atoms with E-state index < -0.39 is 0 Å². The van der Waals surface area contributed by atoms with Crippen molar-refractivity contribution in [3.63, 3.8) is 0 Å². The molecule has 0 heterocycles. The van der Waals surface area contributed by atoms with Gasteiger partial charge in [0.25, 0.3) is 0 Å². The molecule has 4 nitrogen and oxygen atoms in total. The van der Waals surface area contributed by atoms with Gasteiger partial charge in [-0.2, -0.15) is 0 Å². The lowest BCUT2D eigenvalue weighted by Gasteiger charge is -2.37. The number of esters is 1. The summed E-state index contributed by atoms with van der Waals surface area (Å²) in [6.45, 7) is 1.65. The number of benzene rings is 1. The fraction of sp³-hybridized carbons (Fsp3) is 0.533. The molecule has 0 atom stereocenters. The van der Waals surface area contributed by atoms with E-state index in [-0.39, 0.29) is 12.6 Å². The molecule has 0 bridgehead atoms. The van der Waals surface area contributed by atoms with Gasteiger partial charge in [-0.15, -0.1) is 0 Å². The molecule has 5 heteroatoms. The monoisotopic (exact) mass is 341 g/mol. The second-order valence-corrected chi connectivity index (χ2v) is 5.93. The molecular weight excluding hydrogens is 322 g/mol. The van der Waals surface area contributed by atoms with Crippen molar-refractivity contribution in [2.75, 3.05) is 20.3 Å². The molecule has 0 aromatic heterocycles. The summed E-state index contributed by atoms with van der Waals surface area (Å²) in [6.07, 6.45) is 3.69. The summed E-state index contributed by atoms with van der Waals surface area (Å²) in [5.74, 6) is -0.330. The number of aliphatic hydroxyl groups excluding tert-OH is 1. The fourth-order valence-electron chi connectivity index (χ4n) is 2.41. The van der Waals surface area contributed by atoms with Gasteiger partial charge in [-0.1, -0.05) is 28.4 Å². The Labute approximate surface area is 127 Å². The maximum absolute atomic E-state index is 11.5. The number of aliphatic hydroxyl groups is 1. The van der Waals surface area contributed by atoms with Gasteiger partial charge >= 0.3 is 5.97 Å². The zero-order valence-corrected chi connectivity index (χ0v) is 13.2. The van der Waals surface area contributed by atoms with Gasteiger partial charge < -0.3 is 9.84 Å². The van der Waals surface area contributed by atoms with E-state index >= 15 is 0 Å². The highest BCUT2D eigenvalue weighted by molar-refractivity contribution is 9.10.